The van der Waals surface area contributed by atoms with Gasteiger partial charge in [-0.1, -0.05) is 12.8 Å². The van der Waals surface area contributed by atoms with Gasteiger partial charge in [-0.05, 0) is 44.2 Å². The van der Waals surface area contributed by atoms with E-state index in [1.54, 1.807) is 0 Å². The smallest absolute Gasteiger partial charge is 0.0876 e. The molecule has 0 aromatic heterocycles. The number of likely N-dealkylation sites (N-methyl/N-ethyl adjacent to an activating group) is 1. The molecule has 1 aliphatic carbocycles. The van der Waals surface area contributed by atoms with Crippen molar-refractivity contribution in [1.29, 1.82) is 0 Å². The number of ether oxygens (including phenoxy) is 1. The van der Waals surface area contributed by atoms with Crippen LogP contribution in [0, 0.1) is 5.92 Å². The van der Waals surface area contributed by atoms with Crippen LogP contribution >= 0.6 is 0 Å². The van der Waals surface area contributed by atoms with Crippen molar-refractivity contribution in [1.82, 2.24) is 5.32 Å². The van der Waals surface area contributed by atoms with Crippen molar-refractivity contribution in [3.63, 3.8) is 0 Å². The molecule has 2 heteroatoms. The summed E-state index contributed by atoms with van der Waals surface area (Å²) in [5, 5.41) is 3.47. The number of rotatable bonds is 3. The van der Waals surface area contributed by atoms with Gasteiger partial charge in [0.1, 0.15) is 0 Å². The minimum Gasteiger partial charge on any atom is -0.501 e. The van der Waals surface area contributed by atoms with Gasteiger partial charge in [-0.15, -0.1) is 0 Å². The van der Waals surface area contributed by atoms with Gasteiger partial charge in [0.25, 0.3) is 0 Å². The highest BCUT2D eigenvalue weighted by Crippen LogP contribution is 2.32. The van der Waals surface area contributed by atoms with E-state index in [2.05, 4.69) is 12.4 Å². The zero-order valence-electron chi connectivity index (χ0n) is 9.09. The van der Waals surface area contributed by atoms with Crippen LogP contribution in [-0.2, 0) is 4.74 Å². The molecule has 14 heavy (non-hydrogen) atoms. The maximum absolute atomic E-state index is 5.42. The molecule has 80 valence electrons. The van der Waals surface area contributed by atoms with Gasteiger partial charge in [-0.25, -0.2) is 0 Å². The molecule has 0 radical (unpaired) electrons. The molecule has 2 aliphatic rings. The Kier molecular flexibility index (Phi) is 3.46. The molecular weight excluding hydrogens is 174 g/mol. The third kappa shape index (κ3) is 2.11. The Hall–Kier alpha value is -0.500. The van der Waals surface area contributed by atoms with Crippen molar-refractivity contribution < 1.29 is 4.74 Å². The fourth-order valence-electron chi connectivity index (χ4n) is 2.83. The number of hydrogen-bond acceptors (Lipinski definition) is 2. The van der Waals surface area contributed by atoms with Gasteiger partial charge in [-0.3, -0.25) is 0 Å². The molecule has 1 saturated carbocycles. The van der Waals surface area contributed by atoms with E-state index in [1.807, 2.05) is 6.26 Å². The van der Waals surface area contributed by atoms with Gasteiger partial charge in [0.15, 0.2) is 0 Å². The quantitative estimate of drug-likeness (QED) is 0.747. The van der Waals surface area contributed by atoms with Crippen molar-refractivity contribution in [2.24, 2.45) is 5.92 Å². The summed E-state index contributed by atoms with van der Waals surface area (Å²) in [6, 6.07) is 0.581. The van der Waals surface area contributed by atoms with Gasteiger partial charge in [0.05, 0.1) is 12.9 Å². The van der Waals surface area contributed by atoms with Gasteiger partial charge in [-0.2, -0.15) is 0 Å². The zero-order valence-corrected chi connectivity index (χ0v) is 9.09. The SMILES string of the molecule is CNC(C1=COCCC1)C1CCCC1. The van der Waals surface area contributed by atoms with Crippen LogP contribution in [0.15, 0.2) is 11.8 Å². The monoisotopic (exact) mass is 195 g/mol. The van der Waals surface area contributed by atoms with E-state index in [-0.39, 0.29) is 0 Å². The lowest BCUT2D eigenvalue weighted by Gasteiger charge is -2.27. The Balaban J connectivity index is 1.99. The summed E-state index contributed by atoms with van der Waals surface area (Å²) in [7, 11) is 2.08. The largest absolute Gasteiger partial charge is 0.501 e. The van der Waals surface area contributed by atoms with Crippen molar-refractivity contribution in [3.05, 3.63) is 11.8 Å². The van der Waals surface area contributed by atoms with Crippen LogP contribution in [0.3, 0.4) is 0 Å². The lowest BCUT2D eigenvalue weighted by molar-refractivity contribution is 0.215. The predicted octanol–water partition coefficient (Wildman–Crippen LogP) is 2.46. The lowest BCUT2D eigenvalue weighted by Crippen LogP contribution is -2.35. The minimum atomic E-state index is 0.581. The molecule has 1 heterocycles. The molecule has 1 atom stereocenters. The van der Waals surface area contributed by atoms with Gasteiger partial charge >= 0.3 is 0 Å². The summed E-state index contributed by atoms with van der Waals surface area (Å²) < 4.78 is 5.42. The molecular formula is C12H21NO. The van der Waals surface area contributed by atoms with E-state index >= 15 is 0 Å². The maximum Gasteiger partial charge on any atom is 0.0876 e. The van der Waals surface area contributed by atoms with E-state index in [0.717, 1.165) is 12.5 Å². The molecule has 1 aliphatic heterocycles. The summed E-state index contributed by atoms with van der Waals surface area (Å²) in [6.07, 6.45) is 10.0. The summed E-state index contributed by atoms with van der Waals surface area (Å²) in [6.45, 7) is 0.907. The van der Waals surface area contributed by atoms with E-state index < -0.39 is 0 Å². The third-order valence-corrected chi connectivity index (χ3v) is 3.54. The zero-order chi connectivity index (χ0) is 9.80. The lowest BCUT2D eigenvalue weighted by atomic mass is 9.89. The minimum absolute atomic E-state index is 0.581. The highest BCUT2D eigenvalue weighted by Gasteiger charge is 2.27. The first-order valence-corrected chi connectivity index (χ1v) is 5.89. The first kappa shape index (κ1) is 10.0. The fourth-order valence-corrected chi connectivity index (χ4v) is 2.83. The molecule has 0 spiro atoms. The Morgan fingerprint density at radius 3 is 2.71 bits per heavy atom. The summed E-state index contributed by atoms with van der Waals surface area (Å²) in [5.41, 5.74) is 1.49. The normalized spacial score (nSPS) is 25.6. The first-order chi connectivity index (χ1) is 6.92. The Labute approximate surface area is 86.7 Å². The molecule has 2 rings (SSSR count). The summed E-state index contributed by atoms with van der Waals surface area (Å²) in [5.74, 6) is 0.855. The number of hydrogen-bond donors (Lipinski definition) is 1. The maximum atomic E-state index is 5.42. The molecule has 2 nitrogen and oxygen atoms in total. The molecule has 1 fully saturated rings. The average molecular weight is 195 g/mol. The highest BCUT2D eigenvalue weighted by molar-refractivity contribution is 5.12. The van der Waals surface area contributed by atoms with Gasteiger partial charge in [0.2, 0.25) is 0 Å². The van der Waals surface area contributed by atoms with Crippen LogP contribution in [-0.4, -0.2) is 19.7 Å². The molecule has 0 saturated heterocycles. The molecule has 0 aromatic carbocycles. The van der Waals surface area contributed by atoms with E-state index in [1.165, 1.54) is 44.1 Å². The predicted molar refractivity (Wildman–Crippen MR) is 58.1 cm³/mol. The first-order valence-electron chi connectivity index (χ1n) is 5.89. The molecule has 1 N–H and O–H groups in total. The second-order valence-corrected chi connectivity index (χ2v) is 4.48. The second kappa shape index (κ2) is 4.83. The van der Waals surface area contributed by atoms with Crippen LogP contribution < -0.4 is 5.32 Å². The van der Waals surface area contributed by atoms with Crippen molar-refractivity contribution in [2.75, 3.05) is 13.7 Å². The highest BCUT2D eigenvalue weighted by atomic mass is 16.5. The topological polar surface area (TPSA) is 21.3 Å². The van der Waals surface area contributed by atoms with Crippen molar-refractivity contribution in [3.8, 4) is 0 Å². The van der Waals surface area contributed by atoms with Gasteiger partial charge in [0, 0.05) is 6.04 Å². The van der Waals surface area contributed by atoms with Crippen LogP contribution in [0.4, 0.5) is 0 Å². The van der Waals surface area contributed by atoms with Crippen LogP contribution in [0.25, 0.3) is 0 Å². The van der Waals surface area contributed by atoms with Gasteiger partial charge < -0.3 is 10.1 Å². The summed E-state index contributed by atoms with van der Waals surface area (Å²) >= 11 is 0. The Bertz CT molecular complexity index is 206. The Morgan fingerprint density at radius 1 is 1.36 bits per heavy atom. The van der Waals surface area contributed by atoms with Crippen LogP contribution in [0.1, 0.15) is 38.5 Å². The number of nitrogens with one attached hydrogen (secondary N) is 1. The van der Waals surface area contributed by atoms with Crippen molar-refractivity contribution in [2.45, 2.75) is 44.6 Å². The van der Waals surface area contributed by atoms with Crippen LogP contribution in [0.2, 0.25) is 0 Å². The molecule has 0 amide bonds. The summed E-state index contributed by atoms with van der Waals surface area (Å²) in [4.78, 5) is 0. The van der Waals surface area contributed by atoms with Crippen molar-refractivity contribution >= 4 is 0 Å². The molecule has 0 aromatic rings. The molecule has 1 unspecified atom stereocenters. The molecule has 0 bridgehead atoms. The van der Waals surface area contributed by atoms with E-state index in [4.69, 9.17) is 4.74 Å². The Morgan fingerprint density at radius 2 is 2.14 bits per heavy atom. The third-order valence-electron chi connectivity index (χ3n) is 3.54. The fraction of sp³-hybridized carbons (Fsp3) is 0.833. The average Bonchev–Trinajstić information content (AvgIpc) is 2.74. The standard InChI is InChI=1S/C12H21NO/c1-13-12(10-5-2-3-6-10)11-7-4-8-14-9-11/h9-10,12-13H,2-8H2,1H3. The van der Waals surface area contributed by atoms with Crippen LogP contribution in [0.5, 0.6) is 0 Å². The van der Waals surface area contributed by atoms with E-state index in [0.29, 0.717) is 6.04 Å². The van der Waals surface area contributed by atoms with E-state index in [9.17, 15) is 0 Å². The second-order valence-electron chi connectivity index (χ2n) is 4.48.